The van der Waals surface area contributed by atoms with Gasteiger partial charge in [0.1, 0.15) is 11.6 Å². The Balaban J connectivity index is 1.33. The van der Waals surface area contributed by atoms with Crippen LogP contribution in [-0.2, 0) is 4.79 Å². The number of fused-ring (bicyclic) bond motifs is 2. The third-order valence-electron chi connectivity index (χ3n) is 8.31. The predicted molar refractivity (Wildman–Crippen MR) is 155 cm³/mol. The summed E-state index contributed by atoms with van der Waals surface area (Å²) in [5, 5.41) is 0. The number of likely N-dealkylation sites (N-methyl/N-ethyl adjacent to an activating group) is 1. The molecule has 4 nitrogen and oxygen atoms in total. The van der Waals surface area contributed by atoms with Crippen molar-refractivity contribution in [3.8, 4) is 5.75 Å². The molecule has 200 valence electrons. The van der Waals surface area contributed by atoms with Gasteiger partial charge >= 0.3 is 0 Å². The summed E-state index contributed by atoms with van der Waals surface area (Å²) >= 11 is 0. The number of ether oxygens (including phenoxy) is 1. The molecular weight excluding hydrogens is 501 g/mol. The van der Waals surface area contributed by atoms with E-state index in [4.69, 9.17) is 4.74 Å². The first-order chi connectivity index (χ1) is 19.2. The molecule has 0 N–H and O–H groups in total. The molecular formula is C35H30FNO3. The molecule has 2 heterocycles. The minimum absolute atomic E-state index is 0.0332. The van der Waals surface area contributed by atoms with E-state index in [9.17, 15) is 14.0 Å². The highest BCUT2D eigenvalue weighted by molar-refractivity contribution is 6.12. The number of rotatable bonds is 4. The molecule has 5 heteroatoms. The van der Waals surface area contributed by atoms with E-state index in [-0.39, 0.29) is 17.4 Å². The molecule has 2 aliphatic heterocycles. The van der Waals surface area contributed by atoms with Crippen LogP contribution in [0.1, 0.15) is 48.2 Å². The van der Waals surface area contributed by atoms with Gasteiger partial charge in [-0.2, -0.15) is 0 Å². The highest BCUT2D eigenvalue weighted by Crippen LogP contribution is 2.57. The fraction of sp³-hybridized carbons (Fsp3) is 0.200. The summed E-state index contributed by atoms with van der Waals surface area (Å²) in [6.07, 6.45) is 17.2. The second-order valence-electron chi connectivity index (χ2n) is 11.0. The third kappa shape index (κ3) is 4.04. The highest BCUT2D eigenvalue weighted by Gasteiger charge is 2.59. The van der Waals surface area contributed by atoms with Crippen molar-refractivity contribution in [3.05, 3.63) is 142 Å². The van der Waals surface area contributed by atoms with Crippen LogP contribution in [0.3, 0.4) is 0 Å². The van der Waals surface area contributed by atoms with Gasteiger partial charge in [-0.15, -0.1) is 0 Å². The maximum atomic E-state index is 13.7. The molecule has 2 aromatic carbocycles. The molecule has 6 rings (SSSR count). The van der Waals surface area contributed by atoms with E-state index >= 15 is 0 Å². The van der Waals surface area contributed by atoms with Crippen LogP contribution in [-0.4, -0.2) is 29.2 Å². The van der Waals surface area contributed by atoms with Crippen molar-refractivity contribution < 1.29 is 18.7 Å². The lowest BCUT2D eigenvalue weighted by Gasteiger charge is -2.45. The second-order valence-corrected chi connectivity index (χ2v) is 11.0. The van der Waals surface area contributed by atoms with Gasteiger partial charge in [0.25, 0.3) is 0 Å². The summed E-state index contributed by atoms with van der Waals surface area (Å²) in [4.78, 5) is 28.6. The van der Waals surface area contributed by atoms with E-state index in [1.165, 1.54) is 12.2 Å². The van der Waals surface area contributed by atoms with Crippen LogP contribution >= 0.6 is 0 Å². The van der Waals surface area contributed by atoms with Crippen molar-refractivity contribution in [1.29, 1.82) is 0 Å². The number of benzene rings is 2. The summed E-state index contributed by atoms with van der Waals surface area (Å²) < 4.78 is 20.5. The van der Waals surface area contributed by atoms with Crippen LogP contribution in [0.2, 0.25) is 0 Å². The summed E-state index contributed by atoms with van der Waals surface area (Å²) in [7, 11) is 2.01. The number of hydrogen-bond donors (Lipinski definition) is 0. The Kier molecular flexibility index (Phi) is 6.18. The largest absolute Gasteiger partial charge is 0.463 e. The quantitative estimate of drug-likeness (QED) is 0.385. The molecule has 1 fully saturated rings. The summed E-state index contributed by atoms with van der Waals surface area (Å²) in [5.41, 5.74) is 3.80. The molecule has 0 amide bonds. The van der Waals surface area contributed by atoms with Crippen LogP contribution in [0, 0.1) is 5.41 Å². The summed E-state index contributed by atoms with van der Waals surface area (Å²) in [6, 6.07) is 14.8. The van der Waals surface area contributed by atoms with Gasteiger partial charge in [-0.05, 0) is 86.9 Å². The maximum Gasteiger partial charge on any atom is 0.211 e. The van der Waals surface area contributed by atoms with E-state index in [2.05, 4.69) is 30.9 Å². The van der Waals surface area contributed by atoms with Crippen molar-refractivity contribution in [3.63, 3.8) is 0 Å². The Morgan fingerprint density at radius 3 is 2.40 bits per heavy atom. The molecule has 2 aromatic rings. The first kappa shape index (κ1) is 25.8. The lowest BCUT2D eigenvalue weighted by molar-refractivity contribution is -0.111. The van der Waals surface area contributed by atoms with Crippen molar-refractivity contribution in [2.75, 3.05) is 7.05 Å². The van der Waals surface area contributed by atoms with Gasteiger partial charge in [0, 0.05) is 40.6 Å². The lowest BCUT2D eigenvalue weighted by atomic mass is 9.75. The number of hydrogen-bond acceptors (Lipinski definition) is 4. The smallest absolute Gasteiger partial charge is 0.211 e. The SMILES string of the molecule is CN1C2=CCC=C(C(=O)C3=CCC=C(F)C=C3)C=C2C(C)(C)C12C=Cc1cc(C(=O)c3ccccc3)ccc1O2. The Labute approximate surface area is 233 Å². The topological polar surface area (TPSA) is 46.6 Å². The number of allylic oxidation sites excluding steroid dienone is 11. The van der Waals surface area contributed by atoms with E-state index < -0.39 is 11.1 Å². The molecule has 0 radical (unpaired) electrons. The van der Waals surface area contributed by atoms with Gasteiger partial charge in [0.15, 0.2) is 11.6 Å². The first-order valence-electron chi connectivity index (χ1n) is 13.5. The van der Waals surface area contributed by atoms with Gasteiger partial charge in [0.05, 0.1) is 5.41 Å². The van der Waals surface area contributed by atoms with Crippen molar-refractivity contribution in [2.24, 2.45) is 5.41 Å². The van der Waals surface area contributed by atoms with Gasteiger partial charge in [-0.3, -0.25) is 9.59 Å². The molecule has 0 aromatic heterocycles. The van der Waals surface area contributed by atoms with Gasteiger partial charge in [-0.1, -0.05) is 48.6 Å². The monoisotopic (exact) mass is 531 g/mol. The minimum atomic E-state index is -0.831. The van der Waals surface area contributed by atoms with Gasteiger partial charge < -0.3 is 9.64 Å². The van der Waals surface area contributed by atoms with E-state index in [0.717, 1.165) is 16.8 Å². The Morgan fingerprint density at radius 1 is 0.850 bits per heavy atom. The van der Waals surface area contributed by atoms with E-state index in [1.807, 2.05) is 73.8 Å². The molecule has 0 bridgehead atoms. The van der Waals surface area contributed by atoms with Crippen molar-refractivity contribution in [1.82, 2.24) is 4.90 Å². The van der Waals surface area contributed by atoms with Crippen LogP contribution in [0.25, 0.3) is 6.08 Å². The number of nitrogens with zero attached hydrogens (tertiary/aromatic N) is 1. The Morgan fingerprint density at radius 2 is 1.60 bits per heavy atom. The number of carbonyl (C=O) groups is 2. The molecule has 40 heavy (non-hydrogen) atoms. The molecule has 2 aliphatic carbocycles. The fourth-order valence-electron chi connectivity index (χ4n) is 5.99. The van der Waals surface area contributed by atoms with E-state index in [1.54, 1.807) is 12.2 Å². The number of carbonyl (C=O) groups excluding carboxylic acids is 2. The molecule has 1 atom stereocenters. The average Bonchev–Trinajstić information content (AvgIpc) is 3.27. The molecule has 1 unspecified atom stereocenters. The zero-order valence-electron chi connectivity index (χ0n) is 22.8. The van der Waals surface area contributed by atoms with Crippen molar-refractivity contribution in [2.45, 2.75) is 32.4 Å². The standard InChI is InChI=1S/C35H30FNO3/c1-34(2)29-22-26(33(39)24-11-7-13-28(36)17-15-24)12-8-14-30(29)37(3)35(34)20-19-25-21-27(16-18-31(25)40-35)32(38)23-9-5-4-6-10-23/h4-6,9-22H,7-8H2,1-3H3. The van der Waals surface area contributed by atoms with Gasteiger partial charge in [0.2, 0.25) is 5.72 Å². The molecule has 1 spiro atoms. The van der Waals surface area contributed by atoms with Crippen LogP contribution in [0.4, 0.5) is 4.39 Å². The summed E-state index contributed by atoms with van der Waals surface area (Å²) in [6.45, 7) is 4.24. The first-order valence-corrected chi connectivity index (χ1v) is 13.5. The van der Waals surface area contributed by atoms with Crippen LogP contribution in [0.15, 0.2) is 125 Å². The maximum absolute atomic E-state index is 13.7. The fourth-order valence-corrected chi connectivity index (χ4v) is 5.99. The molecule has 0 saturated carbocycles. The van der Waals surface area contributed by atoms with Crippen LogP contribution < -0.4 is 4.74 Å². The number of likely N-dealkylation sites (tertiary alicyclic amines) is 1. The third-order valence-corrected chi connectivity index (χ3v) is 8.31. The van der Waals surface area contributed by atoms with Gasteiger partial charge in [-0.25, -0.2) is 4.39 Å². The normalized spacial score (nSPS) is 22.5. The predicted octanol–water partition coefficient (Wildman–Crippen LogP) is 7.44. The number of Topliss-reactive ketones (excluding diaryl/α,β-unsaturated/α-hetero) is 1. The Bertz CT molecular complexity index is 1650. The highest BCUT2D eigenvalue weighted by atomic mass is 19.1. The van der Waals surface area contributed by atoms with Crippen molar-refractivity contribution >= 4 is 17.6 Å². The minimum Gasteiger partial charge on any atom is -0.463 e. The number of ketones is 2. The number of halogens is 1. The Hall–Kier alpha value is -4.51. The van der Waals surface area contributed by atoms with Crippen LogP contribution in [0.5, 0.6) is 5.75 Å². The second kappa shape index (κ2) is 9.60. The average molecular weight is 532 g/mol. The molecule has 4 aliphatic rings. The van der Waals surface area contributed by atoms with E-state index in [0.29, 0.717) is 40.9 Å². The molecule has 1 saturated heterocycles. The zero-order valence-corrected chi connectivity index (χ0v) is 22.8. The summed E-state index contributed by atoms with van der Waals surface area (Å²) in [5.74, 6) is 0.200. The zero-order chi connectivity index (χ0) is 28.1. The lowest BCUT2D eigenvalue weighted by Crippen LogP contribution is -2.54.